The molecule has 0 radical (unpaired) electrons. The minimum atomic E-state index is -0.331. The van der Waals surface area contributed by atoms with Gasteiger partial charge in [0.1, 0.15) is 0 Å². The normalized spacial score (nSPS) is 12.3. The van der Waals surface area contributed by atoms with Crippen LogP contribution in [0.15, 0.2) is 14.9 Å². The number of aromatic nitrogens is 3. The van der Waals surface area contributed by atoms with E-state index in [1.165, 1.54) is 23.1 Å². The standard InChI is InChI=1S/C9H11N5O2S2/c1-4-3-6(16-14-4)11-7(15)5(2)17-9-13-12-8(10)18-9/h3,5H,1-2H3,(H2,10,12)(H,11,15)/t5-/m0/s1. The Labute approximate surface area is 111 Å². The predicted octanol–water partition coefficient (Wildman–Crippen LogP) is 1.54. The summed E-state index contributed by atoms with van der Waals surface area (Å²) >= 11 is 2.54. The highest BCUT2D eigenvalue weighted by atomic mass is 32.2. The molecule has 2 aromatic rings. The van der Waals surface area contributed by atoms with E-state index in [9.17, 15) is 4.79 Å². The van der Waals surface area contributed by atoms with Gasteiger partial charge in [0, 0.05) is 6.07 Å². The van der Waals surface area contributed by atoms with E-state index in [0.29, 0.717) is 21.0 Å². The number of amides is 1. The summed E-state index contributed by atoms with van der Waals surface area (Å²) in [6, 6.07) is 1.65. The summed E-state index contributed by atoms with van der Waals surface area (Å²) in [6.45, 7) is 3.54. The van der Waals surface area contributed by atoms with Gasteiger partial charge in [0.2, 0.25) is 16.9 Å². The summed E-state index contributed by atoms with van der Waals surface area (Å²) in [5.41, 5.74) is 6.18. The lowest BCUT2D eigenvalue weighted by molar-refractivity contribution is -0.115. The molecule has 0 aliphatic heterocycles. The molecule has 9 heteroatoms. The highest BCUT2D eigenvalue weighted by Gasteiger charge is 2.18. The Balaban J connectivity index is 1.92. The molecule has 0 unspecified atom stereocenters. The molecule has 0 spiro atoms. The number of aryl methyl sites for hydroxylation is 1. The molecule has 0 bridgehead atoms. The Morgan fingerprint density at radius 2 is 2.39 bits per heavy atom. The number of nitrogens with two attached hydrogens (primary N) is 1. The van der Waals surface area contributed by atoms with Gasteiger partial charge in [-0.25, -0.2) is 0 Å². The number of nitrogens with zero attached hydrogens (tertiary/aromatic N) is 3. The molecule has 0 aliphatic carbocycles. The summed E-state index contributed by atoms with van der Waals surface area (Å²) in [5, 5.41) is 13.9. The Morgan fingerprint density at radius 1 is 1.61 bits per heavy atom. The lowest BCUT2D eigenvalue weighted by Gasteiger charge is -2.07. The average Bonchev–Trinajstić information content (AvgIpc) is 2.88. The molecule has 0 fully saturated rings. The molecule has 0 saturated carbocycles. The van der Waals surface area contributed by atoms with E-state index < -0.39 is 0 Å². The third-order valence-corrected chi connectivity index (χ3v) is 3.88. The van der Waals surface area contributed by atoms with Crippen LogP contribution in [0.25, 0.3) is 0 Å². The van der Waals surface area contributed by atoms with Gasteiger partial charge in [-0.1, -0.05) is 28.3 Å². The SMILES string of the molecule is Cc1cc(NC(=O)[C@H](C)Sc2nnc(N)s2)on1. The molecule has 0 saturated heterocycles. The van der Waals surface area contributed by atoms with Crippen molar-refractivity contribution in [3.63, 3.8) is 0 Å². The minimum Gasteiger partial charge on any atom is -0.374 e. The lowest BCUT2D eigenvalue weighted by Crippen LogP contribution is -2.22. The van der Waals surface area contributed by atoms with Crippen LogP contribution in [-0.4, -0.2) is 26.5 Å². The summed E-state index contributed by atoms with van der Waals surface area (Å²) < 4.78 is 5.56. The first-order valence-corrected chi connectivity index (χ1v) is 6.74. The number of nitrogen functional groups attached to an aromatic ring is 1. The fourth-order valence-electron chi connectivity index (χ4n) is 1.12. The monoisotopic (exact) mass is 285 g/mol. The summed E-state index contributed by atoms with van der Waals surface area (Å²) in [7, 11) is 0. The number of hydrogen-bond acceptors (Lipinski definition) is 8. The zero-order valence-corrected chi connectivity index (χ0v) is 11.3. The highest BCUT2D eigenvalue weighted by molar-refractivity contribution is 8.02. The number of thioether (sulfide) groups is 1. The van der Waals surface area contributed by atoms with Crippen LogP contribution in [0.4, 0.5) is 11.0 Å². The van der Waals surface area contributed by atoms with Crippen molar-refractivity contribution in [3.8, 4) is 0 Å². The Bertz CT molecular complexity index is 553. The van der Waals surface area contributed by atoms with Crippen LogP contribution < -0.4 is 11.1 Å². The van der Waals surface area contributed by atoms with Crippen LogP contribution >= 0.6 is 23.1 Å². The number of nitrogens with one attached hydrogen (secondary N) is 1. The lowest BCUT2D eigenvalue weighted by atomic mass is 10.4. The fraction of sp³-hybridized carbons (Fsp3) is 0.333. The van der Waals surface area contributed by atoms with Crippen molar-refractivity contribution in [1.29, 1.82) is 0 Å². The molecule has 0 aromatic carbocycles. The Hall–Kier alpha value is -1.61. The van der Waals surface area contributed by atoms with Crippen LogP contribution in [0.5, 0.6) is 0 Å². The second-order valence-corrected chi connectivity index (χ2v) is 6.09. The van der Waals surface area contributed by atoms with Gasteiger partial charge in [0.05, 0.1) is 10.9 Å². The highest BCUT2D eigenvalue weighted by Crippen LogP contribution is 2.28. The van der Waals surface area contributed by atoms with E-state index in [1.54, 1.807) is 19.9 Å². The topological polar surface area (TPSA) is 107 Å². The van der Waals surface area contributed by atoms with Gasteiger partial charge in [-0.05, 0) is 13.8 Å². The molecular formula is C9H11N5O2S2. The molecule has 96 valence electrons. The summed E-state index contributed by atoms with van der Waals surface area (Å²) in [6.07, 6.45) is 0. The van der Waals surface area contributed by atoms with Crippen LogP contribution in [0.2, 0.25) is 0 Å². The smallest absolute Gasteiger partial charge is 0.240 e. The van der Waals surface area contributed by atoms with Gasteiger partial charge >= 0.3 is 0 Å². The number of anilines is 2. The van der Waals surface area contributed by atoms with E-state index in [4.69, 9.17) is 10.3 Å². The first-order valence-electron chi connectivity index (χ1n) is 5.04. The van der Waals surface area contributed by atoms with E-state index in [-0.39, 0.29) is 11.2 Å². The zero-order chi connectivity index (χ0) is 13.1. The molecule has 2 aromatic heterocycles. The predicted molar refractivity (Wildman–Crippen MR) is 69.5 cm³/mol. The number of carbonyl (C=O) groups excluding carboxylic acids is 1. The molecular weight excluding hydrogens is 274 g/mol. The van der Waals surface area contributed by atoms with Gasteiger partial charge < -0.3 is 10.3 Å². The van der Waals surface area contributed by atoms with Crippen LogP contribution in [0.1, 0.15) is 12.6 Å². The van der Waals surface area contributed by atoms with Gasteiger partial charge in [-0.2, -0.15) is 0 Å². The van der Waals surface area contributed by atoms with Crippen molar-refractivity contribution in [2.45, 2.75) is 23.4 Å². The van der Waals surface area contributed by atoms with Gasteiger partial charge in [0.15, 0.2) is 4.34 Å². The minimum absolute atomic E-state index is 0.190. The van der Waals surface area contributed by atoms with Crippen molar-refractivity contribution < 1.29 is 9.32 Å². The quantitative estimate of drug-likeness (QED) is 0.820. The van der Waals surface area contributed by atoms with Gasteiger partial charge in [-0.3, -0.25) is 10.1 Å². The molecule has 7 nitrogen and oxygen atoms in total. The van der Waals surface area contributed by atoms with Gasteiger partial charge in [-0.15, -0.1) is 10.2 Å². The second-order valence-electron chi connectivity index (χ2n) is 3.49. The first-order chi connectivity index (χ1) is 8.54. The van der Waals surface area contributed by atoms with E-state index >= 15 is 0 Å². The molecule has 2 heterocycles. The number of hydrogen-bond donors (Lipinski definition) is 2. The Morgan fingerprint density at radius 3 is 2.94 bits per heavy atom. The van der Waals surface area contributed by atoms with Crippen molar-refractivity contribution >= 4 is 40.0 Å². The van der Waals surface area contributed by atoms with Crippen LogP contribution in [0.3, 0.4) is 0 Å². The fourth-order valence-corrected chi connectivity index (χ4v) is 2.90. The van der Waals surface area contributed by atoms with Crippen molar-refractivity contribution in [1.82, 2.24) is 15.4 Å². The first kappa shape index (κ1) is 12.8. The maximum atomic E-state index is 11.8. The van der Waals surface area contributed by atoms with Crippen LogP contribution in [-0.2, 0) is 4.79 Å². The van der Waals surface area contributed by atoms with Crippen molar-refractivity contribution in [2.24, 2.45) is 0 Å². The molecule has 18 heavy (non-hydrogen) atoms. The Kier molecular flexibility index (Phi) is 3.82. The van der Waals surface area contributed by atoms with Crippen LogP contribution in [0, 0.1) is 6.92 Å². The zero-order valence-electron chi connectivity index (χ0n) is 9.71. The summed E-state index contributed by atoms with van der Waals surface area (Å²) in [4.78, 5) is 11.8. The maximum Gasteiger partial charge on any atom is 0.240 e. The third kappa shape index (κ3) is 3.20. The van der Waals surface area contributed by atoms with E-state index in [1.807, 2.05) is 0 Å². The molecule has 1 amide bonds. The van der Waals surface area contributed by atoms with E-state index in [0.717, 1.165) is 0 Å². The molecule has 2 rings (SSSR count). The molecule has 1 atom stereocenters. The largest absolute Gasteiger partial charge is 0.374 e. The van der Waals surface area contributed by atoms with Gasteiger partial charge in [0.25, 0.3) is 0 Å². The third-order valence-electron chi connectivity index (χ3n) is 1.94. The van der Waals surface area contributed by atoms with E-state index in [2.05, 4.69) is 20.7 Å². The molecule has 3 N–H and O–H groups in total. The summed E-state index contributed by atoms with van der Waals surface area (Å²) in [5.74, 6) is 0.145. The number of carbonyl (C=O) groups is 1. The number of rotatable bonds is 4. The second kappa shape index (κ2) is 5.36. The van der Waals surface area contributed by atoms with Crippen molar-refractivity contribution in [3.05, 3.63) is 11.8 Å². The molecule has 0 aliphatic rings. The van der Waals surface area contributed by atoms with Crippen molar-refractivity contribution in [2.75, 3.05) is 11.1 Å². The maximum absolute atomic E-state index is 11.8. The average molecular weight is 285 g/mol.